The number of aromatic nitrogens is 1. The zero-order valence-electron chi connectivity index (χ0n) is 31.8. The minimum Gasteiger partial charge on any atom is -0.207 e. The molecule has 1 heterocycles. The van der Waals surface area contributed by atoms with Crippen LogP contribution >= 0.6 is 0 Å². The van der Waals surface area contributed by atoms with Crippen LogP contribution in [0.15, 0.2) is 79.1 Å². The first-order valence-corrected chi connectivity index (χ1v) is 17.8. The number of benzene rings is 6. The van der Waals surface area contributed by atoms with Gasteiger partial charge >= 0.3 is 0 Å². The SMILES string of the molecule is Cc1ccc(-c2cc[n+](Cc3ccccc3)cc2)cc1.Fc1c(F)c(F)c([B-](c2c(F)c(F)c(F)c(F)c2F)(c2c(F)c(F)c(F)c(F)c2F)c2c(F)c(F)c(F)c(F)c2F)c(F)c1F. The standard InChI is InChI=1S/C24BF20.C19H18N/c26-5-1(6(27)14(35)21(42)13(5)34)25(2-7(28)15(36)22(43)16(37)8(2)29,3-9(30)17(38)23(44)18(39)10(3)31)4-11(32)19(40)24(45)20(41)12(4)33;1-16-7-9-18(10-8-16)19-11-13-20(14-12-19)15-17-5-3-2-4-6-17/h;2-14H,15H2,1H3/q-1;+1. The smallest absolute Gasteiger partial charge is 0.200 e. The van der Waals surface area contributed by atoms with Crippen molar-refractivity contribution in [3.8, 4) is 11.1 Å². The highest BCUT2D eigenvalue weighted by Gasteiger charge is 2.52. The summed E-state index contributed by atoms with van der Waals surface area (Å²) in [4.78, 5) is 0. The fraction of sp³-hybridized carbons (Fsp3) is 0.0465. The second-order valence-corrected chi connectivity index (χ2v) is 13.9. The van der Waals surface area contributed by atoms with Crippen LogP contribution in [0, 0.1) is 123 Å². The Morgan fingerprint density at radius 2 is 0.554 bits per heavy atom. The fourth-order valence-electron chi connectivity index (χ4n) is 7.17. The van der Waals surface area contributed by atoms with Crippen molar-refractivity contribution in [3.63, 3.8) is 0 Å². The molecule has 338 valence electrons. The molecule has 0 saturated carbocycles. The highest BCUT2D eigenvalue weighted by atomic mass is 19.2. The van der Waals surface area contributed by atoms with Crippen LogP contribution < -0.4 is 26.4 Å². The maximum absolute atomic E-state index is 15.4. The van der Waals surface area contributed by atoms with Gasteiger partial charge in [0.2, 0.25) is 0 Å². The van der Waals surface area contributed by atoms with E-state index in [1.165, 1.54) is 22.3 Å². The first kappa shape index (κ1) is 47.6. The molecule has 0 N–H and O–H groups in total. The summed E-state index contributed by atoms with van der Waals surface area (Å²) in [5.74, 6) is -71.4. The minimum atomic E-state index is -7.22. The highest BCUT2D eigenvalue weighted by Crippen LogP contribution is 2.31. The largest absolute Gasteiger partial charge is 0.207 e. The van der Waals surface area contributed by atoms with E-state index in [1.807, 2.05) is 0 Å². The number of rotatable bonds is 7. The number of nitrogens with zero attached hydrogens (tertiary/aromatic N) is 1. The zero-order valence-corrected chi connectivity index (χ0v) is 31.8. The third kappa shape index (κ3) is 7.81. The molecule has 7 aromatic rings. The minimum absolute atomic E-state index is 0.912. The van der Waals surface area contributed by atoms with Crippen molar-refractivity contribution < 1.29 is 92.4 Å². The number of halogens is 20. The quantitative estimate of drug-likeness (QED) is 0.0493. The molecular weight excluding hydrogens is 921 g/mol. The van der Waals surface area contributed by atoms with Crippen LogP contribution in [0.5, 0.6) is 0 Å². The monoisotopic (exact) mass is 939 g/mol. The van der Waals surface area contributed by atoms with Gasteiger partial charge in [0.25, 0.3) is 0 Å². The molecule has 0 fully saturated rings. The number of hydrogen-bond acceptors (Lipinski definition) is 0. The summed E-state index contributed by atoms with van der Waals surface area (Å²) in [6, 6.07) is 23.5. The highest BCUT2D eigenvalue weighted by molar-refractivity contribution is 7.20. The van der Waals surface area contributed by atoms with E-state index in [-0.39, 0.29) is 0 Å². The summed E-state index contributed by atoms with van der Waals surface area (Å²) in [6.45, 7) is 3.03. The van der Waals surface area contributed by atoms with Crippen molar-refractivity contribution in [1.82, 2.24) is 0 Å². The van der Waals surface area contributed by atoms with Crippen LogP contribution in [0.1, 0.15) is 11.1 Å². The van der Waals surface area contributed by atoms with E-state index in [4.69, 9.17) is 0 Å². The molecule has 1 aromatic heterocycles. The Labute approximate surface area is 351 Å². The summed E-state index contributed by atoms with van der Waals surface area (Å²) in [5.41, 5.74) is -9.19. The van der Waals surface area contributed by atoms with E-state index in [0.717, 1.165) is 6.54 Å². The Bertz CT molecular complexity index is 2620. The fourth-order valence-corrected chi connectivity index (χ4v) is 7.17. The Kier molecular flexibility index (Phi) is 13.2. The predicted octanol–water partition coefficient (Wildman–Crippen LogP) is 9.84. The second-order valence-electron chi connectivity index (χ2n) is 13.9. The first-order valence-electron chi connectivity index (χ1n) is 17.8. The van der Waals surface area contributed by atoms with Crippen LogP contribution in [0.3, 0.4) is 0 Å². The zero-order chi connectivity index (χ0) is 48.1. The summed E-state index contributed by atoms with van der Waals surface area (Å²) in [5, 5.41) is 0. The molecule has 7 rings (SSSR count). The van der Waals surface area contributed by atoms with Gasteiger partial charge in [0.15, 0.2) is 88.7 Å². The van der Waals surface area contributed by atoms with Crippen LogP contribution in [0.4, 0.5) is 87.8 Å². The van der Waals surface area contributed by atoms with Gasteiger partial charge in [-0.05, 0) is 18.1 Å². The molecule has 1 nitrogen and oxygen atoms in total. The lowest BCUT2D eigenvalue weighted by atomic mass is 9.12. The number of hydrogen-bond donors (Lipinski definition) is 0. The second kappa shape index (κ2) is 18.0. The lowest BCUT2D eigenvalue weighted by Crippen LogP contribution is -2.81. The molecule has 0 spiro atoms. The van der Waals surface area contributed by atoms with Gasteiger partial charge in [0, 0.05) is 17.7 Å². The molecule has 22 heteroatoms. The van der Waals surface area contributed by atoms with Crippen LogP contribution in [0.25, 0.3) is 11.1 Å². The summed E-state index contributed by atoms with van der Waals surface area (Å²) >= 11 is 0. The number of aryl methyl sites for hydroxylation is 1. The van der Waals surface area contributed by atoms with Crippen molar-refractivity contribution in [2.24, 2.45) is 0 Å². The van der Waals surface area contributed by atoms with Gasteiger partial charge in [-0.1, -0.05) is 60.2 Å². The normalized spacial score (nSPS) is 11.5. The van der Waals surface area contributed by atoms with E-state index in [1.54, 1.807) is 0 Å². The Hall–Kier alpha value is -6.87. The van der Waals surface area contributed by atoms with Crippen LogP contribution in [-0.2, 0) is 6.54 Å². The van der Waals surface area contributed by atoms with Gasteiger partial charge in [-0.3, -0.25) is 0 Å². The lowest BCUT2D eigenvalue weighted by molar-refractivity contribution is -0.688. The van der Waals surface area contributed by atoms with Crippen LogP contribution in [0.2, 0.25) is 0 Å². The van der Waals surface area contributed by atoms with Crippen molar-refractivity contribution in [3.05, 3.63) is 207 Å². The average molecular weight is 939 g/mol. The van der Waals surface area contributed by atoms with Crippen molar-refractivity contribution in [2.75, 3.05) is 0 Å². The van der Waals surface area contributed by atoms with Gasteiger partial charge in [-0.15, -0.1) is 21.9 Å². The topological polar surface area (TPSA) is 3.88 Å². The molecule has 0 saturated heterocycles. The molecule has 65 heavy (non-hydrogen) atoms. The molecule has 0 radical (unpaired) electrons. The molecular formula is C43H18BF20N. The molecule has 0 aliphatic heterocycles. The van der Waals surface area contributed by atoms with Crippen LogP contribution in [-0.4, -0.2) is 6.15 Å². The first-order chi connectivity index (χ1) is 30.5. The molecule has 6 aromatic carbocycles. The van der Waals surface area contributed by atoms with Gasteiger partial charge in [0.1, 0.15) is 52.7 Å². The van der Waals surface area contributed by atoms with Gasteiger partial charge in [-0.2, -0.15) is 0 Å². The maximum atomic E-state index is 15.4. The van der Waals surface area contributed by atoms with Gasteiger partial charge < -0.3 is 0 Å². The molecule has 0 atom stereocenters. The third-order valence-electron chi connectivity index (χ3n) is 10.2. The summed E-state index contributed by atoms with van der Waals surface area (Å²) in [7, 11) is 0. The third-order valence-corrected chi connectivity index (χ3v) is 10.2. The average Bonchev–Trinajstić information content (AvgIpc) is 3.30. The molecule has 0 amide bonds. The Morgan fingerprint density at radius 3 is 0.831 bits per heavy atom. The van der Waals surface area contributed by atoms with E-state index < -0.39 is 144 Å². The Balaban J connectivity index is 0.000000289. The van der Waals surface area contributed by atoms with Crippen molar-refractivity contribution in [1.29, 1.82) is 0 Å². The van der Waals surface area contributed by atoms with E-state index in [9.17, 15) is 52.7 Å². The Morgan fingerprint density at radius 1 is 0.308 bits per heavy atom. The molecule has 0 bridgehead atoms. The molecule has 0 aliphatic carbocycles. The lowest BCUT2D eigenvalue weighted by Gasteiger charge is -2.44. The summed E-state index contributed by atoms with van der Waals surface area (Å²) in [6.07, 6.45) is -2.93. The molecule has 0 aliphatic rings. The molecule has 0 unspecified atom stereocenters. The number of pyridine rings is 1. The summed E-state index contributed by atoms with van der Waals surface area (Å²) < 4.78 is 296. The van der Waals surface area contributed by atoms with E-state index in [0.29, 0.717) is 0 Å². The van der Waals surface area contributed by atoms with Crippen molar-refractivity contribution >= 4 is 28.0 Å². The predicted molar refractivity (Wildman–Crippen MR) is 192 cm³/mol. The van der Waals surface area contributed by atoms with Crippen molar-refractivity contribution in [2.45, 2.75) is 13.5 Å². The maximum Gasteiger partial charge on any atom is 0.200 e. The van der Waals surface area contributed by atoms with E-state index in [2.05, 4.69) is 90.6 Å². The van der Waals surface area contributed by atoms with Gasteiger partial charge in [0.05, 0.1) is 0 Å². The van der Waals surface area contributed by atoms with Gasteiger partial charge in [-0.25, -0.2) is 92.4 Å². The van der Waals surface area contributed by atoms with E-state index >= 15 is 35.1 Å².